The van der Waals surface area contributed by atoms with Gasteiger partial charge in [0.15, 0.2) is 0 Å². The van der Waals surface area contributed by atoms with E-state index in [9.17, 15) is 4.79 Å². The number of methoxy groups -OCH3 is 1. The lowest BCUT2D eigenvalue weighted by molar-refractivity contribution is -0.162. The third-order valence-corrected chi connectivity index (χ3v) is 7.19. The van der Waals surface area contributed by atoms with Crippen LogP contribution >= 0.6 is 0 Å². The van der Waals surface area contributed by atoms with E-state index in [1.165, 1.54) is 26.4 Å². The lowest BCUT2D eigenvalue weighted by Gasteiger charge is -2.55. The fourth-order valence-electron chi connectivity index (χ4n) is 5.63. The summed E-state index contributed by atoms with van der Waals surface area (Å²) in [5.74, 6) is 1.88. The molecular weight excluding hydrogens is 284 g/mol. The van der Waals surface area contributed by atoms with Gasteiger partial charge in [-0.05, 0) is 73.3 Å². The summed E-state index contributed by atoms with van der Waals surface area (Å²) in [6, 6.07) is 0. The van der Waals surface area contributed by atoms with Crippen molar-refractivity contribution in [2.24, 2.45) is 28.6 Å². The van der Waals surface area contributed by atoms with E-state index in [1.807, 2.05) is 0 Å². The number of allylic oxidation sites excluding steroid dienone is 4. The van der Waals surface area contributed by atoms with Gasteiger partial charge in [0.1, 0.15) is 0 Å². The topological polar surface area (TPSA) is 26.3 Å². The van der Waals surface area contributed by atoms with Crippen LogP contribution in [0, 0.1) is 28.6 Å². The second kappa shape index (κ2) is 5.79. The highest BCUT2D eigenvalue weighted by atomic mass is 16.5. The second-order valence-electron chi connectivity index (χ2n) is 8.76. The molecule has 0 heterocycles. The molecule has 0 amide bonds. The van der Waals surface area contributed by atoms with E-state index < -0.39 is 0 Å². The molecule has 4 unspecified atom stereocenters. The molecule has 23 heavy (non-hydrogen) atoms. The van der Waals surface area contributed by atoms with Gasteiger partial charge in [-0.15, -0.1) is 0 Å². The van der Waals surface area contributed by atoms with Gasteiger partial charge < -0.3 is 4.74 Å². The van der Waals surface area contributed by atoms with Gasteiger partial charge in [-0.2, -0.15) is 0 Å². The van der Waals surface area contributed by atoms with Crippen LogP contribution in [-0.2, 0) is 9.53 Å². The zero-order chi connectivity index (χ0) is 16.8. The van der Waals surface area contributed by atoms with Gasteiger partial charge in [0.25, 0.3) is 0 Å². The molecule has 3 aliphatic carbocycles. The van der Waals surface area contributed by atoms with Crippen LogP contribution in [0.5, 0.6) is 0 Å². The molecule has 0 saturated heterocycles. The van der Waals surface area contributed by atoms with Crippen LogP contribution in [0.1, 0.15) is 66.2 Å². The molecule has 128 valence electrons. The molecule has 0 spiro atoms. The summed E-state index contributed by atoms with van der Waals surface area (Å²) in [5, 5.41) is 0. The largest absolute Gasteiger partial charge is 0.469 e. The maximum absolute atomic E-state index is 12.5. The van der Waals surface area contributed by atoms with Crippen molar-refractivity contribution in [2.45, 2.75) is 66.2 Å². The van der Waals surface area contributed by atoms with E-state index in [2.05, 4.69) is 39.8 Å². The molecule has 2 nitrogen and oxygen atoms in total. The van der Waals surface area contributed by atoms with E-state index in [0.717, 1.165) is 31.1 Å². The van der Waals surface area contributed by atoms with Crippen molar-refractivity contribution in [3.8, 4) is 0 Å². The number of carbonyl (C=O) groups is 1. The molecule has 2 heteroatoms. The van der Waals surface area contributed by atoms with E-state index in [1.54, 1.807) is 11.1 Å². The minimum Gasteiger partial charge on any atom is -0.469 e. The minimum absolute atomic E-state index is 0.0123. The van der Waals surface area contributed by atoms with Crippen LogP contribution in [0.3, 0.4) is 0 Å². The van der Waals surface area contributed by atoms with E-state index in [0.29, 0.717) is 5.92 Å². The Labute approximate surface area is 141 Å². The van der Waals surface area contributed by atoms with Gasteiger partial charge in [-0.25, -0.2) is 0 Å². The summed E-state index contributed by atoms with van der Waals surface area (Å²) in [6.45, 7) is 9.23. The molecule has 3 rings (SSSR count). The standard InChI is InChI=1S/C21H32O2/c1-14(2)15-7-9-17-16(13-15)8-10-18-20(17,3)11-6-12-21(18,4)19(22)23-5/h8-9,14-15,18H,6-7,10-13H2,1-5H3. The highest BCUT2D eigenvalue weighted by Gasteiger charge is 2.56. The fraction of sp³-hybridized carbons (Fsp3) is 0.762. The smallest absolute Gasteiger partial charge is 0.311 e. The van der Waals surface area contributed by atoms with Crippen molar-refractivity contribution in [3.63, 3.8) is 0 Å². The van der Waals surface area contributed by atoms with Crippen LogP contribution in [0.15, 0.2) is 23.3 Å². The molecule has 0 bridgehead atoms. The highest BCUT2D eigenvalue weighted by molar-refractivity contribution is 5.77. The Morgan fingerprint density at radius 1 is 1.22 bits per heavy atom. The summed E-state index contributed by atoms with van der Waals surface area (Å²) in [5.41, 5.74) is 2.94. The first-order valence-electron chi connectivity index (χ1n) is 9.31. The molecule has 0 aromatic rings. The monoisotopic (exact) mass is 316 g/mol. The first-order valence-corrected chi connectivity index (χ1v) is 9.31. The summed E-state index contributed by atoms with van der Waals surface area (Å²) in [7, 11) is 1.54. The maximum Gasteiger partial charge on any atom is 0.311 e. The van der Waals surface area contributed by atoms with Crippen LogP contribution in [-0.4, -0.2) is 13.1 Å². The Bertz CT molecular complexity index is 556. The van der Waals surface area contributed by atoms with Gasteiger partial charge in [0, 0.05) is 0 Å². The van der Waals surface area contributed by atoms with Crippen molar-refractivity contribution in [3.05, 3.63) is 23.3 Å². The van der Waals surface area contributed by atoms with Gasteiger partial charge >= 0.3 is 5.97 Å². The van der Waals surface area contributed by atoms with Gasteiger partial charge in [0.2, 0.25) is 0 Å². The Balaban J connectivity index is 1.98. The zero-order valence-corrected chi connectivity index (χ0v) is 15.4. The first-order chi connectivity index (χ1) is 10.8. The number of ether oxygens (including phenoxy) is 1. The van der Waals surface area contributed by atoms with E-state index in [-0.39, 0.29) is 16.8 Å². The predicted molar refractivity (Wildman–Crippen MR) is 93.9 cm³/mol. The van der Waals surface area contributed by atoms with Crippen LogP contribution < -0.4 is 0 Å². The molecule has 0 N–H and O–H groups in total. The number of carbonyl (C=O) groups excluding carboxylic acids is 1. The molecule has 0 radical (unpaired) electrons. The van der Waals surface area contributed by atoms with Crippen molar-refractivity contribution in [1.29, 1.82) is 0 Å². The fourth-order valence-corrected chi connectivity index (χ4v) is 5.63. The lowest BCUT2D eigenvalue weighted by Crippen LogP contribution is -2.51. The first kappa shape index (κ1) is 16.8. The molecule has 0 aromatic carbocycles. The summed E-state index contributed by atoms with van der Waals surface area (Å²) in [4.78, 5) is 12.5. The number of hydrogen-bond acceptors (Lipinski definition) is 2. The quantitative estimate of drug-likeness (QED) is 0.647. The second-order valence-corrected chi connectivity index (χ2v) is 8.76. The number of hydrogen-bond donors (Lipinski definition) is 0. The molecule has 3 aliphatic rings. The van der Waals surface area contributed by atoms with Gasteiger partial charge in [-0.1, -0.05) is 39.3 Å². The molecular formula is C21H32O2. The predicted octanol–water partition coefficient (Wildman–Crippen LogP) is 5.29. The SMILES string of the molecule is COC(=O)C1(C)CCCC2(C)C3=CCC(C(C)C)CC3=CCC12. The minimum atomic E-state index is -0.334. The summed E-state index contributed by atoms with van der Waals surface area (Å²) >= 11 is 0. The highest BCUT2D eigenvalue weighted by Crippen LogP contribution is 2.61. The molecule has 1 saturated carbocycles. The van der Waals surface area contributed by atoms with Crippen LogP contribution in [0.4, 0.5) is 0 Å². The van der Waals surface area contributed by atoms with Crippen LogP contribution in [0.2, 0.25) is 0 Å². The van der Waals surface area contributed by atoms with Gasteiger partial charge in [0.05, 0.1) is 12.5 Å². The van der Waals surface area contributed by atoms with Crippen molar-refractivity contribution >= 4 is 5.97 Å². The Morgan fingerprint density at radius 3 is 2.61 bits per heavy atom. The molecule has 0 aliphatic heterocycles. The van der Waals surface area contributed by atoms with Crippen LogP contribution in [0.25, 0.3) is 0 Å². The Morgan fingerprint density at radius 2 is 1.96 bits per heavy atom. The lowest BCUT2D eigenvalue weighted by atomic mass is 9.49. The molecule has 1 fully saturated rings. The third-order valence-electron chi connectivity index (χ3n) is 7.19. The van der Waals surface area contributed by atoms with E-state index >= 15 is 0 Å². The van der Waals surface area contributed by atoms with Gasteiger partial charge in [-0.3, -0.25) is 4.79 Å². The summed E-state index contributed by atoms with van der Waals surface area (Å²) in [6.07, 6.45) is 11.7. The normalized spacial score (nSPS) is 39.9. The number of rotatable bonds is 2. The Hall–Kier alpha value is -1.05. The number of esters is 1. The molecule has 0 aromatic heterocycles. The molecule has 4 atom stereocenters. The number of fused-ring (bicyclic) bond motifs is 3. The van der Waals surface area contributed by atoms with E-state index in [4.69, 9.17) is 4.74 Å². The Kier molecular flexibility index (Phi) is 4.23. The van der Waals surface area contributed by atoms with Crippen molar-refractivity contribution in [2.75, 3.05) is 7.11 Å². The third kappa shape index (κ3) is 2.49. The van der Waals surface area contributed by atoms with Crippen molar-refractivity contribution < 1.29 is 9.53 Å². The van der Waals surface area contributed by atoms with Crippen molar-refractivity contribution in [1.82, 2.24) is 0 Å². The average molecular weight is 316 g/mol. The summed E-state index contributed by atoms with van der Waals surface area (Å²) < 4.78 is 5.19. The maximum atomic E-state index is 12.5. The average Bonchev–Trinajstić information content (AvgIpc) is 2.53. The zero-order valence-electron chi connectivity index (χ0n) is 15.4.